The normalized spacial score (nSPS) is 15.5. The Hall–Kier alpha value is -1.73. The van der Waals surface area contributed by atoms with E-state index in [2.05, 4.69) is 59.6 Å². The minimum atomic E-state index is -2.08. The molecule has 0 saturated heterocycles. The lowest BCUT2D eigenvalue weighted by Gasteiger charge is -2.45. The molecule has 2 rings (SSSR count). The molecule has 0 spiro atoms. The fourth-order valence-electron chi connectivity index (χ4n) is 4.05. The van der Waals surface area contributed by atoms with Crippen molar-refractivity contribution in [2.24, 2.45) is 17.1 Å². The third-order valence-electron chi connectivity index (χ3n) is 7.33. The fraction of sp³-hybridized carbons (Fsp3) is 0.571. The van der Waals surface area contributed by atoms with Gasteiger partial charge < -0.3 is 15.3 Å². The fourth-order valence-corrected chi connectivity index (χ4v) is 5.45. The maximum absolute atomic E-state index is 11.1. The second kappa shape index (κ2) is 11.5. The number of nitrogens with two attached hydrogens (primary N) is 1. The monoisotopic (exact) mass is 518 g/mol. The summed E-state index contributed by atoms with van der Waals surface area (Å²) in [5, 5.41) is 9.68. The van der Waals surface area contributed by atoms with Crippen molar-refractivity contribution < 1.29 is 14.3 Å². The number of hydrogen-bond acceptors (Lipinski definition) is 4. The van der Waals surface area contributed by atoms with E-state index in [-0.39, 0.29) is 34.1 Å². The van der Waals surface area contributed by atoms with Gasteiger partial charge in [-0.1, -0.05) is 71.3 Å². The molecule has 3 atom stereocenters. The van der Waals surface area contributed by atoms with Crippen LogP contribution in [-0.2, 0) is 10.8 Å². The van der Waals surface area contributed by atoms with E-state index in [0.717, 1.165) is 24.0 Å². The Balaban J connectivity index is 2.27. The zero-order valence-corrected chi connectivity index (χ0v) is 24.3. The molecule has 0 aliphatic rings. The zero-order chi connectivity index (χ0) is 26.6. The molecule has 0 radical (unpaired) electrons. The van der Waals surface area contributed by atoms with Gasteiger partial charge >= 0.3 is 5.97 Å². The molecule has 7 heteroatoms. The van der Waals surface area contributed by atoms with Gasteiger partial charge in [0.25, 0.3) is 0 Å². The Labute approximate surface area is 217 Å². The van der Waals surface area contributed by atoms with Crippen molar-refractivity contribution >= 4 is 25.9 Å². The summed E-state index contributed by atoms with van der Waals surface area (Å²) in [4.78, 5) is 15.5. The molecule has 0 saturated carbocycles. The van der Waals surface area contributed by atoms with Crippen molar-refractivity contribution in [2.75, 3.05) is 0 Å². The molecule has 0 aliphatic heterocycles. The summed E-state index contributed by atoms with van der Waals surface area (Å²) < 4.78 is 7.06. The molecule has 0 amide bonds. The highest BCUT2D eigenvalue weighted by atomic mass is 35.5. The molecule has 194 valence electrons. The van der Waals surface area contributed by atoms with Gasteiger partial charge in [-0.15, -0.1) is 0 Å². The molecule has 0 bridgehead atoms. The lowest BCUT2D eigenvalue weighted by Crippen LogP contribution is -2.44. The number of carboxylic acids is 1. The topological polar surface area (TPSA) is 85.4 Å². The Bertz CT molecular complexity index is 964. The van der Waals surface area contributed by atoms with Crippen LogP contribution in [0.25, 0.3) is 0 Å². The smallest absolute Gasteiger partial charge is 0.335 e. The van der Waals surface area contributed by atoms with E-state index in [1.807, 2.05) is 30.5 Å². The molecule has 5 nitrogen and oxygen atoms in total. The lowest BCUT2D eigenvalue weighted by atomic mass is 9.72. The van der Waals surface area contributed by atoms with Crippen molar-refractivity contribution in [2.45, 2.75) is 91.1 Å². The average Bonchev–Trinajstić information content (AvgIpc) is 2.72. The van der Waals surface area contributed by atoms with Crippen LogP contribution in [0.1, 0.15) is 82.0 Å². The van der Waals surface area contributed by atoms with Crippen molar-refractivity contribution in [3.63, 3.8) is 0 Å². The highest BCUT2D eigenvalue weighted by Gasteiger charge is 2.43. The number of aromatic nitrogens is 1. The number of hydrogen-bond donors (Lipinski definition) is 2. The standard InChI is InChI=1S/C28H43ClN2O3Si/c1-27(2,3)23(15-14-22(30)17-19-9-11-20(12-10-19)26(32)33)25(21-13-16-24(29)31-18-21)34-35(7,8)28(4,5)6/h9-13,16,18,22-23,25H,14-15,17,30H2,1-8H3,(H,32,33)/t22-,23+,25+/m0/s1. The Morgan fingerprint density at radius 1 is 1.06 bits per heavy atom. The summed E-state index contributed by atoms with van der Waals surface area (Å²) in [5.41, 5.74) is 8.94. The van der Waals surface area contributed by atoms with E-state index < -0.39 is 14.3 Å². The van der Waals surface area contributed by atoms with E-state index in [0.29, 0.717) is 11.6 Å². The lowest BCUT2D eigenvalue weighted by molar-refractivity contribution is 0.0419. The molecular weight excluding hydrogens is 476 g/mol. The summed E-state index contributed by atoms with van der Waals surface area (Å²) in [6.45, 7) is 18.1. The molecule has 1 heterocycles. The highest BCUT2D eigenvalue weighted by molar-refractivity contribution is 6.74. The van der Waals surface area contributed by atoms with E-state index in [9.17, 15) is 4.79 Å². The van der Waals surface area contributed by atoms with Crippen molar-refractivity contribution in [3.05, 3.63) is 64.4 Å². The second-order valence-corrected chi connectivity index (χ2v) is 17.4. The minimum absolute atomic E-state index is 0.0183. The first-order valence-electron chi connectivity index (χ1n) is 12.4. The number of carboxylic acid groups (broad SMARTS) is 1. The summed E-state index contributed by atoms with van der Waals surface area (Å²) in [6, 6.07) is 10.8. The first kappa shape index (κ1) is 29.5. The number of rotatable bonds is 10. The van der Waals surface area contributed by atoms with Crippen LogP contribution in [0.5, 0.6) is 0 Å². The second-order valence-electron chi connectivity index (χ2n) is 12.2. The SMILES string of the molecule is CC(C)(C)[C@H](CC[C@H](N)Cc1ccc(C(=O)O)cc1)[C@H](O[Si](C)(C)C(C)(C)C)c1ccc(Cl)nc1. The van der Waals surface area contributed by atoms with Gasteiger partial charge in [0.15, 0.2) is 8.32 Å². The highest BCUT2D eigenvalue weighted by Crippen LogP contribution is 2.47. The summed E-state index contributed by atoms with van der Waals surface area (Å²) >= 11 is 6.11. The van der Waals surface area contributed by atoms with Crippen molar-refractivity contribution in [1.29, 1.82) is 0 Å². The van der Waals surface area contributed by atoms with Gasteiger partial charge in [-0.3, -0.25) is 0 Å². The number of aromatic carboxylic acids is 1. The van der Waals surface area contributed by atoms with Gasteiger partial charge in [0.1, 0.15) is 5.15 Å². The van der Waals surface area contributed by atoms with Crippen LogP contribution in [0.2, 0.25) is 23.3 Å². The van der Waals surface area contributed by atoms with Gasteiger partial charge in [0.2, 0.25) is 0 Å². The molecule has 3 N–H and O–H groups in total. The van der Waals surface area contributed by atoms with E-state index in [4.69, 9.17) is 26.9 Å². The number of halogens is 1. The first-order valence-corrected chi connectivity index (χ1v) is 15.7. The molecule has 1 aromatic carbocycles. The number of carbonyl (C=O) groups is 1. The predicted octanol–water partition coefficient (Wildman–Crippen LogP) is 7.51. The van der Waals surface area contributed by atoms with Crippen LogP contribution in [0.3, 0.4) is 0 Å². The number of pyridine rings is 1. The van der Waals surface area contributed by atoms with Crippen molar-refractivity contribution in [3.8, 4) is 0 Å². The minimum Gasteiger partial charge on any atom is -0.478 e. The first-order chi connectivity index (χ1) is 16.0. The zero-order valence-electron chi connectivity index (χ0n) is 22.6. The van der Waals surface area contributed by atoms with Crippen LogP contribution in [-0.4, -0.2) is 30.4 Å². The molecule has 0 aliphatic carbocycles. The molecule has 2 aromatic rings. The molecule has 0 fully saturated rings. The van der Waals surface area contributed by atoms with Crippen LogP contribution in [0.4, 0.5) is 0 Å². The third-order valence-corrected chi connectivity index (χ3v) is 12.0. The molecule has 1 aromatic heterocycles. The maximum Gasteiger partial charge on any atom is 0.335 e. The quantitative estimate of drug-likeness (QED) is 0.251. The summed E-state index contributed by atoms with van der Waals surface area (Å²) in [6.07, 6.45) is 4.18. The molecule has 35 heavy (non-hydrogen) atoms. The van der Waals surface area contributed by atoms with Gasteiger partial charge in [0.05, 0.1) is 11.7 Å². The Morgan fingerprint density at radius 3 is 2.11 bits per heavy atom. The van der Waals surface area contributed by atoms with Gasteiger partial charge in [-0.2, -0.15) is 0 Å². The van der Waals surface area contributed by atoms with Crippen molar-refractivity contribution in [1.82, 2.24) is 4.98 Å². The Kier molecular flexibility index (Phi) is 9.73. The van der Waals surface area contributed by atoms with E-state index in [1.54, 1.807) is 12.1 Å². The Morgan fingerprint density at radius 2 is 1.66 bits per heavy atom. The van der Waals surface area contributed by atoms with Gasteiger partial charge in [-0.25, -0.2) is 9.78 Å². The molecule has 0 unspecified atom stereocenters. The van der Waals surface area contributed by atoms with Gasteiger partial charge in [-0.05, 0) is 78.1 Å². The van der Waals surface area contributed by atoms with Crippen LogP contribution in [0, 0.1) is 11.3 Å². The summed E-state index contributed by atoms with van der Waals surface area (Å²) in [7, 11) is -2.08. The number of nitrogens with zero attached hydrogens (tertiary/aromatic N) is 1. The average molecular weight is 519 g/mol. The van der Waals surface area contributed by atoms with E-state index in [1.165, 1.54) is 0 Å². The predicted molar refractivity (Wildman–Crippen MR) is 148 cm³/mol. The van der Waals surface area contributed by atoms with E-state index >= 15 is 0 Å². The molecular formula is C28H43ClN2O3Si. The van der Waals surface area contributed by atoms with Gasteiger partial charge in [0, 0.05) is 12.2 Å². The third kappa shape index (κ3) is 8.42. The summed E-state index contributed by atoms with van der Waals surface area (Å²) in [5.74, 6) is -0.696. The number of benzene rings is 1. The maximum atomic E-state index is 11.1. The van der Waals surface area contributed by atoms with Crippen LogP contribution in [0.15, 0.2) is 42.6 Å². The van der Waals surface area contributed by atoms with Crippen LogP contribution < -0.4 is 5.73 Å². The largest absolute Gasteiger partial charge is 0.478 e. The van der Waals surface area contributed by atoms with Crippen LogP contribution >= 0.6 is 11.6 Å².